The summed E-state index contributed by atoms with van der Waals surface area (Å²) >= 11 is 0. The number of phenols is 1. The van der Waals surface area contributed by atoms with Gasteiger partial charge < -0.3 is 19.8 Å². The van der Waals surface area contributed by atoms with E-state index in [0.717, 1.165) is 36.2 Å². The van der Waals surface area contributed by atoms with Crippen LogP contribution in [0.1, 0.15) is 48.8 Å². The molecule has 2 fully saturated rings. The maximum atomic E-state index is 13.7. The molecule has 2 bridgehead atoms. The van der Waals surface area contributed by atoms with Crippen molar-refractivity contribution in [2.24, 2.45) is 0 Å². The number of phenolic OH excluding ortho intramolecular Hbond substituents is 1. The summed E-state index contributed by atoms with van der Waals surface area (Å²) < 4.78 is 6.60. The SMILES string of the molecule is C=CCN1CC[C@]23c4c5ccc(O)c4O[C@H]2[C@H](N(C)C(=O)[C@H](C)c2ccccc2)CC[C@@]3(O)[C@H]1C5. The topological polar surface area (TPSA) is 73.2 Å². The van der Waals surface area contributed by atoms with Crippen LogP contribution < -0.4 is 4.74 Å². The molecule has 0 aromatic heterocycles. The lowest BCUT2D eigenvalue weighted by molar-refractivity contribution is -0.198. The van der Waals surface area contributed by atoms with E-state index in [1.54, 1.807) is 6.07 Å². The third-order valence-corrected chi connectivity index (χ3v) is 9.42. The lowest BCUT2D eigenvalue weighted by Gasteiger charge is -2.64. The number of hydrogen-bond donors (Lipinski definition) is 2. The summed E-state index contributed by atoms with van der Waals surface area (Å²) in [7, 11) is 1.87. The van der Waals surface area contributed by atoms with Gasteiger partial charge in [0.2, 0.25) is 5.91 Å². The van der Waals surface area contributed by atoms with Crippen molar-refractivity contribution < 1.29 is 19.7 Å². The molecule has 4 aliphatic rings. The lowest BCUT2D eigenvalue weighted by atomic mass is 9.48. The maximum absolute atomic E-state index is 13.7. The Hall–Kier alpha value is -2.83. The van der Waals surface area contributed by atoms with E-state index in [4.69, 9.17) is 4.74 Å². The van der Waals surface area contributed by atoms with Crippen LogP contribution in [0.4, 0.5) is 0 Å². The molecule has 2 aromatic rings. The molecule has 1 saturated heterocycles. The van der Waals surface area contributed by atoms with E-state index in [1.165, 1.54) is 0 Å². The average Bonchev–Trinajstić information content (AvgIpc) is 3.22. The fourth-order valence-electron chi connectivity index (χ4n) is 7.74. The largest absolute Gasteiger partial charge is 0.504 e. The number of ether oxygens (including phenoxy) is 1. The molecule has 2 aliphatic carbocycles. The minimum atomic E-state index is -0.990. The number of rotatable bonds is 5. The zero-order valence-electron chi connectivity index (χ0n) is 20.5. The Labute approximate surface area is 206 Å². The molecule has 1 saturated carbocycles. The van der Waals surface area contributed by atoms with Gasteiger partial charge in [-0.05, 0) is 56.3 Å². The van der Waals surface area contributed by atoms with Crippen molar-refractivity contribution in [3.8, 4) is 11.5 Å². The minimum absolute atomic E-state index is 0.0449. The lowest BCUT2D eigenvalue weighted by Crippen LogP contribution is -2.78. The first kappa shape index (κ1) is 22.6. The molecule has 35 heavy (non-hydrogen) atoms. The highest BCUT2D eigenvalue weighted by Crippen LogP contribution is 2.65. The second-order valence-corrected chi connectivity index (χ2v) is 10.8. The van der Waals surface area contributed by atoms with Crippen molar-refractivity contribution >= 4 is 5.91 Å². The van der Waals surface area contributed by atoms with E-state index in [-0.39, 0.29) is 29.7 Å². The molecule has 0 radical (unpaired) electrons. The zero-order valence-corrected chi connectivity index (χ0v) is 20.5. The summed E-state index contributed by atoms with van der Waals surface area (Å²) in [4.78, 5) is 17.9. The Kier molecular flexibility index (Phi) is 5.07. The highest BCUT2D eigenvalue weighted by Gasteiger charge is 2.73. The van der Waals surface area contributed by atoms with E-state index in [9.17, 15) is 15.0 Å². The molecular formula is C29H34N2O4. The van der Waals surface area contributed by atoms with E-state index in [2.05, 4.69) is 11.5 Å². The van der Waals surface area contributed by atoms with Crippen LogP contribution in [-0.2, 0) is 16.6 Å². The van der Waals surface area contributed by atoms with E-state index in [0.29, 0.717) is 25.0 Å². The number of nitrogens with zero attached hydrogens (tertiary/aromatic N) is 2. The van der Waals surface area contributed by atoms with Crippen molar-refractivity contribution in [3.05, 3.63) is 71.8 Å². The van der Waals surface area contributed by atoms with E-state index < -0.39 is 17.1 Å². The van der Waals surface area contributed by atoms with Crippen LogP contribution in [-0.4, -0.2) is 69.8 Å². The number of hydrogen-bond acceptors (Lipinski definition) is 5. The van der Waals surface area contributed by atoms with Gasteiger partial charge in [0.25, 0.3) is 0 Å². The standard InChI is InChI=1S/C29H34N2O4/c1-4-15-31-16-14-28-24-20-10-11-22(32)25(24)35-26(28)21(12-13-29(28,34)23(31)17-20)30(3)27(33)18(2)19-8-6-5-7-9-19/h4-11,18,21,23,26,32,34H,1,12-17H2,2-3H3/t18-,21-,23-,26+,28+,29-/m1/s1. The summed E-state index contributed by atoms with van der Waals surface area (Å²) in [6.07, 6.45) is 4.17. The summed E-state index contributed by atoms with van der Waals surface area (Å²) in [5.74, 6) is 0.391. The molecule has 1 amide bonds. The average molecular weight is 475 g/mol. The predicted octanol–water partition coefficient (Wildman–Crippen LogP) is 3.36. The van der Waals surface area contributed by atoms with Crippen LogP contribution in [0, 0.1) is 0 Å². The van der Waals surface area contributed by atoms with Gasteiger partial charge in [-0.15, -0.1) is 6.58 Å². The second kappa shape index (κ2) is 7.84. The van der Waals surface area contributed by atoms with Crippen LogP contribution >= 0.6 is 0 Å². The van der Waals surface area contributed by atoms with Crippen molar-refractivity contribution in [1.29, 1.82) is 0 Å². The van der Waals surface area contributed by atoms with Crippen LogP contribution in [0.2, 0.25) is 0 Å². The molecule has 6 heteroatoms. The van der Waals surface area contributed by atoms with Gasteiger partial charge in [-0.3, -0.25) is 9.69 Å². The van der Waals surface area contributed by atoms with Gasteiger partial charge in [-0.2, -0.15) is 0 Å². The number of amides is 1. The van der Waals surface area contributed by atoms with Crippen molar-refractivity contribution in [3.63, 3.8) is 0 Å². The van der Waals surface area contributed by atoms with Gasteiger partial charge in [-0.1, -0.05) is 42.5 Å². The van der Waals surface area contributed by atoms with Gasteiger partial charge in [0.1, 0.15) is 6.10 Å². The number of piperidine rings is 1. The van der Waals surface area contributed by atoms with Gasteiger partial charge >= 0.3 is 0 Å². The summed E-state index contributed by atoms with van der Waals surface area (Å²) in [5.41, 5.74) is 1.46. The molecule has 6 rings (SSSR count). The van der Waals surface area contributed by atoms with Crippen molar-refractivity contribution in [2.45, 2.75) is 67.7 Å². The monoisotopic (exact) mass is 474 g/mol. The Bertz CT molecular complexity index is 1180. The zero-order chi connectivity index (χ0) is 24.5. The Morgan fingerprint density at radius 1 is 1.29 bits per heavy atom. The molecule has 2 aliphatic heterocycles. The fraction of sp³-hybridized carbons (Fsp3) is 0.483. The third kappa shape index (κ3) is 2.87. The minimum Gasteiger partial charge on any atom is -0.504 e. The van der Waals surface area contributed by atoms with E-state index in [1.807, 2.05) is 61.3 Å². The summed E-state index contributed by atoms with van der Waals surface area (Å²) in [6, 6.07) is 13.3. The number of likely N-dealkylation sites (tertiary alicyclic amines) is 1. The summed E-state index contributed by atoms with van der Waals surface area (Å²) in [5, 5.41) is 23.3. The maximum Gasteiger partial charge on any atom is 0.229 e. The molecule has 2 N–H and O–H groups in total. The molecule has 0 unspecified atom stereocenters. The summed E-state index contributed by atoms with van der Waals surface area (Å²) in [6.45, 7) is 7.43. The van der Waals surface area contributed by atoms with E-state index >= 15 is 0 Å². The van der Waals surface area contributed by atoms with Crippen LogP contribution in [0.25, 0.3) is 0 Å². The number of carbonyl (C=O) groups is 1. The molecule has 184 valence electrons. The molecule has 6 atom stereocenters. The quantitative estimate of drug-likeness (QED) is 0.650. The predicted molar refractivity (Wildman–Crippen MR) is 134 cm³/mol. The van der Waals surface area contributed by atoms with Gasteiger partial charge in [-0.25, -0.2) is 0 Å². The molecular weight excluding hydrogens is 440 g/mol. The Morgan fingerprint density at radius 3 is 2.80 bits per heavy atom. The number of aromatic hydroxyl groups is 1. The molecule has 6 nitrogen and oxygen atoms in total. The normalized spacial score (nSPS) is 33.4. The van der Waals surface area contributed by atoms with Crippen LogP contribution in [0.3, 0.4) is 0 Å². The highest BCUT2D eigenvalue weighted by atomic mass is 16.5. The molecule has 2 aromatic carbocycles. The van der Waals surface area contributed by atoms with Gasteiger partial charge in [0.15, 0.2) is 11.5 Å². The number of benzene rings is 2. The fourth-order valence-corrected chi connectivity index (χ4v) is 7.74. The Morgan fingerprint density at radius 2 is 2.06 bits per heavy atom. The molecule has 2 heterocycles. The van der Waals surface area contributed by atoms with Crippen LogP contribution in [0.5, 0.6) is 11.5 Å². The van der Waals surface area contributed by atoms with Crippen LogP contribution in [0.15, 0.2) is 55.1 Å². The van der Waals surface area contributed by atoms with Gasteiger partial charge in [0.05, 0.1) is 23.0 Å². The molecule has 1 spiro atoms. The smallest absolute Gasteiger partial charge is 0.229 e. The highest BCUT2D eigenvalue weighted by molar-refractivity contribution is 5.83. The number of aliphatic hydroxyl groups is 1. The first-order chi connectivity index (χ1) is 16.8. The van der Waals surface area contributed by atoms with Crippen molar-refractivity contribution in [1.82, 2.24) is 9.80 Å². The second-order valence-electron chi connectivity index (χ2n) is 10.8. The van der Waals surface area contributed by atoms with Gasteiger partial charge in [0, 0.05) is 25.2 Å². The first-order valence-corrected chi connectivity index (χ1v) is 12.7. The first-order valence-electron chi connectivity index (χ1n) is 12.7. The van der Waals surface area contributed by atoms with Crippen molar-refractivity contribution in [2.75, 3.05) is 20.1 Å². The third-order valence-electron chi connectivity index (χ3n) is 9.42. The number of likely N-dealkylation sites (N-methyl/N-ethyl adjacent to an activating group) is 1. The Balaban J connectivity index is 1.42. The number of carbonyl (C=O) groups excluding carboxylic acids is 1.